The Morgan fingerprint density at radius 3 is 2.39 bits per heavy atom. The lowest BCUT2D eigenvalue weighted by Gasteiger charge is -2.38. The molecule has 0 aliphatic carbocycles. The van der Waals surface area contributed by atoms with Crippen molar-refractivity contribution in [1.82, 2.24) is 20.4 Å². The van der Waals surface area contributed by atoms with Gasteiger partial charge in [-0.05, 0) is 62.1 Å². The Kier molecular flexibility index (Phi) is 10.8. The molecule has 10 nitrogen and oxygen atoms in total. The van der Waals surface area contributed by atoms with Crippen molar-refractivity contribution >= 4 is 61.9 Å². The molecule has 3 aromatic carbocycles. The number of anilines is 1. The summed E-state index contributed by atoms with van der Waals surface area (Å²) in [4.78, 5) is 58.9. The lowest BCUT2D eigenvalue weighted by atomic mass is 10.0. The number of amides is 3. The number of nitrogens with zero attached hydrogens (tertiary/aromatic N) is 3. The summed E-state index contributed by atoms with van der Waals surface area (Å²) in [6, 6.07) is 19.7. The number of hydrogen-bond donors (Lipinski definition) is 2. The second-order valence-electron chi connectivity index (χ2n) is 11.4. The number of para-hydroxylation sites is 1. The van der Waals surface area contributed by atoms with E-state index in [0.29, 0.717) is 53.2 Å². The Morgan fingerprint density at radius 1 is 0.957 bits per heavy atom. The average Bonchev–Trinajstić information content (AvgIpc) is 3.05. The minimum Gasteiger partial charge on any atom is -0.451 e. The van der Waals surface area contributed by atoms with Gasteiger partial charge in [-0.3, -0.25) is 19.2 Å². The fourth-order valence-electron chi connectivity index (χ4n) is 5.34. The van der Waals surface area contributed by atoms with E-state index >= 15 is 0 Å². The van der Waals surface area contributed by atoms with Gasteiger partial charge in [0.25, 0.3) is 11.8 Å². The van der Waals surface area contributed by atoms with Gasteiger partial charge in [0.2, 0.25) is 5.91 Å². The molecule has 0 bridgehead atoms. The largest absolute Gasteiger partial charge is 0.451 e. The van der Waals surface area contributed by atoms with Crippen LogP contribution in [0, 0.1) is 0 Å². The van der Waals surface area contributed by atoms with Crippen molar-refractivity contribution in [3.05, 3.63) is 109 Å². The van der Waals surface area contributed by atoms with Crippen LogP contribution < -0.4 is 21.0 Å². The number of nitrogens with one attached hydrogen (secondary N) is 2. The Bertz CT molecular complexity index is 1790. The summed E-state index contributed by atoms with van der Waals surface area (Å²) in [5.41, 5.74) is 2.10. The number of halogens is 2. The summed E-state index contributed by atoms with van der Waals surface area (Å²) in [5.74, 6) is -1.25. The quantitative estimate of drug-likeness (QED) is 0.254. The summed E-state index contributed by atoms with van der Waals surface area (Å²) in [6.45, 7) is 3.05. The second-order valence-corrected chi connectivity index (χ2v) is 12.7. The standard InChI is InChI=1S/C34H35BrClN5O5/c1-39(2)14-13-37-32(43)25-5-3-4-6-28(25)40-15-17-41(18-16-40)34(45)27(19-22-7-10-24(36)11-8-22)38-33(44)31-21-29(42)26-20-23(35)9-12-30(26)46-31/h3-12,20-21,27H,13-19H2,1-2H3,(H,37,43)(H,38,44)/t27-/m1/s1. The van der Waals surface area contributed by atoms with Crippen molar-refractivity contribution in [2.45, 2.75) is 12.5 Å². The van der Waals surface area contributed by atoms with E-state index in [-0.39, 0.29) is 35.0 Å². The first-order valence-corrected chi connectivity index (χ1v) is 16.1. The maximum absolute atomic E-state index is 13.9. The number of carbonyl (C=O) groups excluding carboxylic acids is 3. The highest BCUT2D eigenvalue weighted by molar-refractivity contribution is 9.10. The number of fused-ring (bicyclic) bond motifs is 1. The molecule has 3 amide bonds. The smallest absolute Gasteiger partial charge is 0.287 e. The minimum atomic E-state index is -0.930. The van der Waals surface area contributed by atoms with E-state index in [4.69, 9.17) is 16.0 Å². The van der Waals surface area contributed by atoms with Crippen molar-refractivity contribution in [2.75, 3.05) is 58.3 Å². The van der Waals surface area contributed by atoms with Crippen LogP contribution in [0.4, 0.5) is 5.69 Å². The molecule has 1 fully saturated rings. The molecule has 46 heavy (non-hydrogen) atoms. The second kappa shape index (κ2) is 14.9. The first-order chi connectivity index (χ1) is 22.1. The van der Waals surface area contributed by atoms with Crippen molar-refractivity contribution < 1.29 is 18.8 Å². The van der Waals surface area contributed by atoms with E-state index in [1.807, 2.05) is 37.2 Å². The fourth-order valence-corrected chi connectivity index (χ4v) is 5.83. The summed E-state index contributed by atoms with van der Waals surface area (Å²) in [7, 11) is 3.90. The van der Waals surface area contributed by atoms with Crippen LogP contribution >= 0.6 is 27.5 Å². The van der Waals surface area contributed by atoms with Crippen LogP contribution in [-0.4, -0.2) is 86.9 Å². The van der Waals surface area contributed by atoms with Gasteiger partial charge in [-0.2, -0.15) is 0 Å². The summed E-state index contributed by atoms with van der Waals surface area (Å²) in [5, 5.41) is 6.69. The number of piperazine rings is 1. The Morgan fingerprint density at radius 2 is 1.67 bits per heavy atom. The average molecular weight is 709 g/mol. The molecule has 1 aliphatic rings. The third kappa shape index (κ3) is 8.14. The molecule has 0 saturated carbocycles. The molecule has 1 aromatic heterocycles. The number of rotatable bonds is 10. The van der Waals surface area contributed by atoms with Crippen LogP contribution in [0.2, 0.25) is 5.02 Å². The summed E-state index contributed by atoms with van der Waals surface area (Å²) >= 11 is 9.42. The first-order valence-electron chi connectivity index (χ1n) is 14.9. The van der Waals surface area contributed by atoms with E-state index < -0.39 is 11.9 Å². The predicted octanol–water partition coefficient (Wildman–Crippen LogP) is 4.19. The zero-order chi connectivity index (χ0) is 32.8. The molecule has 1 atom stereocenters. The first kappa shape index (κ1) is 33.2. The Labute approximate surface area is 280 Å². The zero-order valence-electron chi connectivity index (χ0n) is 25.6. The number of carbonyl (C=O) groups is 3. The van der Waals surface area contributed by atoms with Gasteiger partial charge in [-0.15, -0.1) is 0 Å². The Balaban J connectivity index is 1.31. The van der Waals surface area contributed by atoms with Gasteiger partial charge in [-0.1, -0.05) is 51.8 Å². The molecule has 5 rings (SSSR count). The lowest BCUT2D eigenvalue weighted by molar-refractivity contribution is -0.133. The molecular weight excluding hydrogens is 674 g/mol. The SMILES string of the molecule is CN(C)CCNC(=O)c1ccccc1N1CCN(C(=O)[C@@H](Cc2ccc(Cl)cc2)NC(=O)c2cc(=O)c3cc(Br)ccc3o2)CC1. The van der Waals surface area contributed by atoms with E-state index in [0.717, 1.165) is 23.9 Å². The third-order valence-electron chi connectivity index (χ3n) is 7.79. The van der Waals surface area contributed by atoms with E-state index in [1.54, 1.807) is 53.4 Å². The van der Waals surface area contributed by atoms with Crippen LogP contribution in [0.5, 0.6) is 0 Å². The highest BCUT2D eigenvalue weighted by atomic mass is 79.9. The van der Waals surface area contributed by atoms with Gasteiger partial charge in [-0.25, -0.2) is 0 Å². The molecule has 12 heteroatoms. The van der Waals surface area contributed by atoms with Crippen LogP contribution in [0.1, 0.15) is 26.5 Å². The van der Waals surface area contributed by atoms with Crippen LogP contribution in [0.15, 0.2) is 86.5 Å². The highest BCUT2D eigenvalue weighted by Gasteiger charge is 2.31. The van der Waals surface area contributed by atoms with E-state index in [2.05, 4.69) is 31.5 Å². The molecule has 2 heterocycles. The number of benzene rings is 3. The fraction of sp³-hybridized carbons (Fsp3) is 0.294. The minimum absolute atomic E-state index is 0.144. The van der Waals surface area contributed by atoms with Gasteiger partial charge < -0.3 is 29.8 Å². The maximum Gasteiger partial charge on any atom is 0.287 e. The molecule has 1 aliphatic heterocycles. The zero-order valence-corrected chi connectivity index (χ0v) is 27.9. The van der Waals surface area contributed by atoms with Crippen LogP contribution in [-0.2, 0) is 11.2 Å². The molecule has 1 saturated heterocycles. The van der Waals surface area contributed by atoms with Gasteiger partial charge in [0.05, 0.1) is 10.9 Å². The maximum atomic E-state index is 13.9. The van der Waals surface area contributed by atoms with Crippen molar-refractivity contribution in [3.63, 3.8) is 0 Å². The van der Waals surface area contributed by atoms with Gasteiger partial charge >= 0.3 is 0 Å². The monoisotopic (exact) mass is 707 g/mol. The molecule has 0 spiro atoms. The Hall–Kier alpha value is -4.19. The number of likely N-dealkylation sites (N-methyl/N-ethyl adjacent to an activating group) is 1. The summed E-state index contributed by atoms with van der Waals surface area (Å²) in [6.07, 6.45) is 0.211. The molecular formula is C34H35BrClN5O5. The molecule has 0 radical (unpaired) electrons. The normalized spacial score (nSPS) is 13.9. The topological polar surface area (TPSA) is 115 Å². The highest BCUT2D eigenvalue weighted by Crippen LogP contribution is 2.23. The van der Waals surface area contributed by atoms with Crippen molar-refractivity contribution in [1.29, 1.82) is 0 Å². The van der Waals surface area contributed by atoms with Gasteiger partial charge in [0, 0.05) is 66.9 Å². The van der Waals surface area contributed by atoms with Crippen LogP contribution in [0.25, 0.3) is 11.0 Å². The number of hydrogen-bond acceptors (Lipinski definition) is 7. The van der Waals surface area contributed by atoms with Crippen molar-refractivity contribution in [3.8, 4) is 0 Å². The van der Waals surface area contributed by atoms with Crippen molar-refractivity contribution in [2.24, 2.45) is 0 Å². The molecule has 0 unspecified atom stereocenters. The molecule has 240 valence electrons. The van der Waals surface area contributed by atoms with Gasteiger partial charge in [0.1, 0.15) is 11.6 Å². The predicted molar refractivity (Wildman–Crippen MR) is 183 cm³/mol. The lowest BCUT2D eigenvalue weighted by Crippen LogP contribution is -2.55. The molecule has 2 N–H and O–H groups in total. The van der Waals surface area contributed by atoms with Crippen LogP contribution in [0.3, 0.4) is 0 Å². The third-order valence-corrected chi connectivity index (χ3v) is 8.54. The molecule has 4 aromatic rings. The summed E-state index contributed by atoms with van der Waals surface area (Å²) < 4.78 is 6.48. The van der Waals surface area contributed by atoms with E-state index in [9.17, 15) is 19.2 Å². The van der Waals surface area contributed by atoms with Gasteiger partial charge in [0.15, 0.2) is 11.2 Å². The van der Waals surface area contributed by atoms with E-state index in [1.165, 1.54) is 0 Å².